The summed E-state index contributed by atoms with van der Waals surface area (Å²) in [5.41, 5.74) is 2.13. The van der Waals surface area contributed by atoms with E-state index in [-0.39, 0.29) is 11.9 Å². The standard InChI is InChI=1S/C14H20BrNO2/c1-9-6-7-12(18-5)11(8-9)10(2)16-13(17)14(3,4)15/h6-8,10H,1-5H3,(H,16,17). The number of ether oxygens (including phenoxy) is 1. The molecule has 0 fully saturated rings. The van der Waals surface area contributed by atoms with Crippen molar-refractivity contribution in [1.82, 2.24) is 5.32 Å². The van der Waals surface area contributed by atoms with E-state index in [1.165, 1.54) is 0 Å². The molecule has 0 bridgehead atoms. The number of hydrogen-bond acceptors (Lipinski definition) is 2. The number of benzene rings is 1. The molecule has 0 aromatic heterocycles. The lowest BCUT2D eigenvalue weighted by Gasteiger charge is -2.22. The molecule has 0 aliphatic rings. The molecule has 4 heteroatoms. The Kier molecular flexibility index (Phi) is 4.79. The highest BCUT2D eigenvalue weighted by Crippen LogP contribution is 2.27. The van der Waals surface area contributed by atoms with Crippen molar-refractivity contribution >= 4 is 21.8 Å². The molecule has 3 nitrogen and oxygen atoms in total. The zero-order valence-corrected chi connectivity index (χ0v) is 13.1. The van der Waals surface area contributed by atoms with Gasteiger partial charge in [0.05, 0.1) is 17.5 Å². The van der Waals surface area contributed by atoms with Crippen LogP contribution < -0.4 is 10.1 Å². The molecule has 1 unspecified atom stereocenters. The normalized spacial score (nSPS) is 13.0. The maximum absolute atomic E-state index is 11.9. The van der Waals surface area contributed by atoms with Crippen LogP contribution in [-0.4, -0.2) is 17.3 Å². The quantitative estimate of drug-likeness (QED) is 0.866. The average molecular weight is 314 g/mol. The fourth-order valence-electron chi connectivity index (χ4n) is 1.64. The number of aryl methyl sites for hydroxylation is 1. The Morgan fingerprint density at radius 1 is 1.44 bits per heavy atom. The van der Waals surface area contributed by atoms with Gasteiger partial charge in [-0.2, -0.15) is 0 Å². The second-order valence-electron chi connectivity index (χ2n) is 4.91. The van der Waals surface area contributed by atoms with Crippen molar-refractivity contribution in [3.8, 4) is 5.75 Å². The molecule has 1 aromatic carbocycles. The number of hydrogen-bond donors (Lipinski definition) is 1. The second-order valence-corrected chi connectivity index (χ2v) is 6.90. The molecule has 100 valence electrons. The minimum absolute atomic E-state index is 0.0430. The van der Waals surface area contributed by atoms with Crippen molar-refractivity contribution in [2.24, 2.45) is 0 Å². The smallest absolute Gasteiger partial charge is 0.236 e. The zero-order chi connectivity index (χ0) is 13.9. The summed E-state index contributed by atoms with van der Waals surface area (Å²) in [6.45, 7) is 7.62. The van der Waals surface area contributed by atoms with Crippen LogP contribution in [0.15, 0.2) is 18.2 Å². The van der Waals surface area contributed by atoms with E-state index in [0.29, 0.717) is 0 Å². The summed E-state index contributed by atoms with van der Waals surface area (Å²) in [6.07, 6.45) is 0. The third-order valence-corrected chi connectivity index (χ3v) is 3.10. The van der Waals surface area contributed by atoms with Crippen molar-refractivity contribution in [3.05, 3.63) is 29.3 Å². The fraction of sp³-hybridized carbons (Fsp3) is 0.500. The van der Waals surface area contributed by atoms with Crippen molar-refractivity contribution in [2.45, 2.75) is 38.1 Å². The van der Waals surface area contributed by atoms with Gasteiger partial charge in [0.1, 0.15) is 5.75 Å². The van der Waals surface area contributed by atoms with Gasteiger partial charge in [-0.25, -0.2) is 0 Å². The lowest BCUT2D eigenvalue weighted by atomic mass is 10.0. The monoisotopic (exact) mass is 313 g/mol. The molecule has 0 radical (unpaired) electrons. The second kappa shape index (κ2) is 5.74. The Morgan fingerprint density at radius 2 is 2.06 bits per heavy atom. The number of carbonyl (C=O) groups excluding carboxylic acids is 1. The molecule has 0 saturated heterocycles. The van der Waals surface area contributed by atoms with Crippen molar-refractivity contribution in [1.29, 1.82) is 0 Å². The highest BCUT2D eigenvalue weighted by Gasteiger charge is 2.25. The van der Waals surface area contributed by atoms with Crippen LogP contribution in [0.3, 0.4) is 0 Å². The van der Waals surface area contributed by atoms with Gasteiger partial charge in [0.15, 0.2) is 0 Å². The number of nitrogens with one attached hydrogen (secondary N) is 1. The average Bonchev–Trinajstić information content (AvgIpc) is 2.27. The first-order chi connectivity index (χ1) is 8.25. The minimum atomic E-state index is -0.571. The highest BCUT2D eigenvalue weighted by atomic mass is 79.9. The van der Waals surface area contributed by atoms with Gasteiger partial charge in [0.25, 0.3) is 0 Å². The molecule has 1 rings (SSSR count). The predicted molar refractivity (Wildman–Crippen MR) is 77.3 cm³/mol. The van der Waals surface area contributed by atoms with Gasteiger partial charge in [-0.1, -0.05) is 33.6 Å². The van der Waals surface area contributed by atoms with E-state index >= 15 is 0 Å². The van der Waals surface area contributed by atoms with Crippen molar-refractivity contribution in [3.63, 3.8) is 0 Å². The van der Waals surface area contributed by atoms with Crippen molar-refractivity contribution in [2.75, 3.05) is 7.11 Å². The molecule has 18 heavy (non-hydrogen) atoms. The highest BCUT2D eigenvalue weighted by molar-refractivity contribution is 9.10. The van der Waals surface area contributed by atoms with E-state index < -0.39 is 4.32 Å². The number of methoxy groups -OCH3 is 1. The Labute approximate surface area is 117 Å². The fourth-order valence-corrected chi connectivity index (χ4v) is 1.75. The molecule has 0 heterocycles. The molecule has 0 saturated carbocycles. The van der Waals surface area contributed by atoms with Crippen LogP contribution in [0.25, 0.3) is 0 Å². The molecule has 0 spiro atoms. The largest absolute Gasteiger partial charge is 0.496 e. The number of amides is 1. The van der Waals surface area contributed by atoms with Gasteiger partial charge in [-0.3, -0.25) is 4.79 Å². The van der Waals surface area contributed by atoms with Crippen LogP contribution in [0.1, 0.15) is 37.9 Å². The van der Waals surface area contributed by atoms with Gasteiger partial charge in [-0.15, -0.1) is 0 Å². The first kappa shape index (κ1) is 15.0. The molecule has 0 aliphatic heterocycles. The molecule has 1 aromatic rings. The third-order valence-electron chi connectivity index (χ3n) is 2.74. The molecule has 1 amide bonds. The van der Waals surface area contributed by atoms with Gasteiger partial charge >= 0.3 is 0 Å². The Balaban J connectivity index is 2.93. The van der Waals surface area contributed by atoms with Crippen LogP contribution in [0.5, 0.6) is 5.75 Å². The number of rotatable bonds is 4. The Bertz CT molecular complexity index is 438. The van der Waals surface area contributed by atoms with E-state index in [2.05, 4.69) is 21.2 Å². The maximum Gasteiger partial charge on any atom is 0.236 e. The van der Waals surface area contributed by atoms with Gasteiger partial charge < -0.3 is 10.1 Å². The SMILES string of the molecule is COc1ccc(C)cc1C(C)NC(=O)C(C)(C)Br. The minimum Gasteiger partial charge on any atom is -0.496 e. The van der Waals surface area contributed by atoms with E-state index in [4.69, 9.17) is 4.74 Å². The summed E-state index contributed by atoms with van der Waals surface area (Å²) in [6, 6.07) is 5.85. The van der Waals surface area contributed by atoms with Gasteiger partial charge in [0.2, 0.25) is 5.91 Å². The van der Waals surface area contributed by atoms with E-state index in [0.717, 1.165) is 16.9 Å². The summed E-state index contributed by atoms with van der Waals surface area (Å²) in [5, 5.41) is 2.97. The molecule has 1 N–H and O–H groups in total. The van der Waals surface area contributed by atoms with Crippen LogP contribution in [0, 0.1) is 6.92 Å². The van der Waals surface area contributed by atoms with Crippen molar-refractivity contribution < 1.29 is 9.53 Å². The summed E-state index contributed by atoms with van der Waals surface area (Å²) >= 11 is 3.35. The Hall–Kier alpha value is -1.03. The predicted octanol–water partition coefficient (Wildman–Crippen LogP) is 3.35. The lowest BCUT2D eigenvalue weighted by Crippen LogP contribution is -2.39. The number of alkyl halides is 1. The van der Waals surface area contributed by atoms with Crippen LogP contribution >= 0.6 is 15.9 Å². The van der Waals surface area contributed by atoms with Crippen LogP contribution in [-0.2, 0) is 4.79 Å². The lowest BCUT2D eigenvalue weighted by molar-refractivity contribution is -0.123. The molecular weight excluding hydrogens is 294 g/mol. The molecule has 0 aliphatic carbocycles. The van der Waals surface area contributed by atoms with E-state index in [9.17, 15) is 4.79 Å². The summed E-state index contributed by atoms with van der Waals surface area (Å²) in [7, 11) is 1.64. The molecular formula is C14H20BrNO2. The van der Waals surface area contributed by atoms with Crippen LogP contribution in [0.4, 0.5) is 0 Å². The van der Waals surface area contributed by atoms with Gasteiger partial charge in [0, 0.05) is 5.56 Å². The third kappa shape index (κ3) is 3.73. The van der Waals surface area contributed by atoms with Crippen LogP contribution in [0.2, 0.25) is 0 Å². The summed E-state index contributed by atoms with van der Waals surface area (Å²) in [5.74, 6) is 0.749. The van der Waals surface area contributed by atoms with E-state index in [1.807, 2.05) is 45.9 Å². The first-order valence-electron chi connectivity index (χ1n) is 5.90. The van der Waals surface area contributed by atoms with Gasteiger partial charge in [-0.05, 0) is 33.8 Å². The Morgan fingerprint density at radius 3 is 2.56 bits per heavy atom. The number of carbonyl (C=O) groups is 1. The zero-order valence-electron chi connectivity index (χ0n) is 11.5. The maximum atomic E-state index is 11.9. The first-order valence-corrected chi connectivity index (χ1v) is 6.69. The topological polar surface area (TPSA) is 38.3 Å². The molecule has 1 atom stereocenters. The van der Waals surface area contributed by atoms with E-state index in [1.54, 1.807) is 7.11 Å². The summed E-state index contributed by atoms with van der Waals surface area (Å²) in [4.78, 5) is 11.9. The number of halogens is 1. The summed E-state index contributed by atoms with van der Waals surface area (Å²) < 4.78 is 4.75.